The number of benzene rings is 1. The molecular weight excluding hydrogens is 288 g/mol. The third kappa shape index (κ3) is 2.78. The van der Waals surface area contributed by atoms with Crippen molar-refractivity contribution in [3.05, 3.63) is 41.0 Å². The van der Waals surface area contributed by atoms with Crippen LogP contribution in [0.15, 0.2) is 35.4 Å². The third-order valence-corrected chi connectivity index (χ3v) is 5.27. The van der Waals surface area contributed by atoms with Gasteiger partial charge in [0, 0.05) is 30.3 Å². The zero-order chi connectivity index (χ0) is 16.0. The Morgan fingerprint density at radius 3 is 2.13 bits per heavy atom. The summed E-state index contributed by atoms with van der Waals surface area (Å²) in [4.78, 5) is 26.1. The van der Waals surface area contributed by atoms with Crippen molar-refractivity contribution in [2.75, 3.05) is 5.32 Å². The largest absolute Gasteiger partial charge is 0.332 e. The first kappa shape index (κ1) is 14.5. The fraction of sp³-hybridized carbons (Fsp3) is 0.474. The van der Waals surface area contributed by atoms with E-state index in [1.165, 1.54) is 19.8 Å². The molecule has 1 saturated carbocycles. The summed E-state index contributed by atoms with van der Waals surface area (Å²) in [5.74, 6) is 0.0468. The highest BCUT2D eigenvalue weighted by Crippen LogP contribution is 2.45. The Bertz CT molecular complexity index is 668. The van der Waals surface area contributed by atoms with Crippen LogP contribution in [0.4, 0.5) is 5.69 Å². The van der Waals surface area contributed by atoms with Gasteiger partial charge in [-0.3, -0.25) is 9.59 Å². The minimum Gasteiger partial charge on any atom is -0.332 e. The molecule has 1 N–H and O–H groups in total. The fourth-order valence-electron chi connectivity index (χ4n) is 4.10. The topological polar surface area (TPSA) is 49.4 Å². The van der Waals surface area contributed by atoms with Crippen molar-refractivity contribution in [2.24, 2.45) is 0 Å². The number of rotatable bonds is 2. The van der Waals surface area contributed by atoms with Gasteiger partial charge in [-0.2, -0.15) is 0 Å². The zero-order valence-corrected chi connectivity index (χ0v) is 13.5. The molecule has 1 aromatic carbocycles. The zero-order valence-electron chi connectivity index (χ0n) is 13.5. The van der Waals surface area contributed by atoms with Gasteiger partial charge >= 0.3 is 0 Å². The van der Waals surface area contributed by atoms with Crippen LogP contribution in [0, 0.1) is 0 Å². The minimum atomic E-state index is -0.0983. The molecule has 4 nitrogen and oxygen atoms in total. The number of amides is 2. The lowest BCUT2D eigenvalue weighted by Crippen LogP contribution is -2.44. The van der Waals surface area contributed by atoms with Gasteiger partial charge in [0.05, 0.1) is 0 Å². The molecule has 0 aromatic heterocycles. The van der Waals surface area contributed by atoms with Gasteiger partial charge in [-0.1, -0.05) is 11.1 Å². The molecule has 23 heavy (non-hydrogen) atoms. The molecule has 2 amide bonds. The summed E-state index contributed by atoms with van der Waals surface area (Å²) in [5.41, 5.74) is 4.76. The lowest BCUT2D eigenvalue weighted by Gasteiger charge is -2.36. The van der Waals surface area contributed by atoms with Gasteiger partial charge in [0.1, 0.15) is 0 Å². The summed E-state index contributed by atoms with van der Waals surface area (Å²) >= 11 is 0. The quantitative estimate of drug-likeness (QED) is 0.850. The van der Waals surface area contributed by atoms with E-state index in [4.69, 9.17) is 0 Å². The SMILES string of the molecule is CC(=O)Nc1ccc(C(=O)N2C3CCC2CC(=C2CC2)C3)cc1. The van der Waals surface area contributed by atoms with Crippen LogP contribution in [0.5, 0.6) is 0 Å². The summed E-state index contributed by atoms with van der Waals surface area (Å²) in [6.07, 6.45) is 7.01. The standard InChI is InChI=1S/C19H22N2O2/c1-12(22)20-16-6-4-14(5-7-16)19(23)21-17-8-9-18(21)11-15(10-17)13-2-3-13/h4-7,17-18H,2-3,8-11H2,1H3,(H,20,22). The van der Waals surface area contributed by atoms with E-state index in [9.17, 15) is 9.59 Å². The normalized spacial score (nSPS) is 25.5. The Labute approximate surface area is 136 Å². The Hall–Kier alpha value is -2.10. The number of carbonyl (C=O) groups is 2. The Kier molecular flexibility index (Phi) is 3.47. The molecule has 0 radical (unpaired) electrons. The van der Waals surface area contributed by atoms with Crippen LogP contribution in [-0.4, -0.2) is 28.8 Å². The smallest absolute Gasteiger partial charge is 0.254 e. The van der Waals surface area contributed by atoms with Crippen molar-refractivity contribution >= 4 is 17.5 Å². The van der Waals surface area contributed by atoms with Crippen molar-refractivity contribution < 1.29 is 9.59 Å². The summed E-state index contributed by atoms with van der Waals surface area (Å²) in [6, 6.07) is 8.03. The van der Waals surface area contributed by atoms with E-state index in [-0.39, 0.29) is 11.8 Å². The molecule has 2 unspecified atom stereocenters. The number of anilines is 1. The van der Waals surface area contributed by atoms with Crippen molar-refractivity contribution in [3.63, 3.8) is 0 Å². The monoisotopic (exact) mass is 310 g/mol. The van der Waals surface area contributed by atoms with Crippen LogP contribution in [0.2, 0.25) is 0 Å². The summed E-state index contributed by atoms with van der Waals surface area (Å²) in [6.45, 7) is 1.48. The fourth-order valence-corrected chi connectivity index (χ4v) is 4.10. The van der Waals surface area contributed by atoms with Gasteiger partial charge in [0.15, 0.2) is 0 Å². The number of carbonyl (C=O) groups excluding carboxylic acids is 2. The number of hydrogen-bond acceptors (Lipinski definition) is 2. The van der Waals surface area contributed by atoms with Gasteiger partial charge in [0.2, 0.25) is 5.91 Å². The summed E-state index contributed by atoms with van der Waals surface area (Å²) in [5, 5.41) is 2.74. The van der Waals surface area contributed by atoms with Crippen molar-refractivity contribution in [2.45, 2.75) is 57.5 Å². The van der Waals surface area contributed by atoms with Crippen LogP contribution < -0.4 is 5.32 Å². The predicted molar refractivity (Wildman–Crippen MR) is 89.2 cm³/mol. The molecule has 2 bridgehead atoms. The maximum absolute atomic E-state index is 12.9. The molecule has 2 atom stereocenters. The lowest BCUT2D eigenvalue weighted by molar-refractivity contribution is -0.114. The molecule has 4 rings (SSSR count). The number of hydrogen-bond donors (Lipinski definition) is 1. The highest BCUT2D eigenvalue weighted by Gasteiger charge is 2.42. The van der Waals surface area contributed by atoms with Crippen LogP contribution >= 0.6 is 0 Å². The van der Waals surface area contributed by atoms with E-state index in [2.05, 4.69) is 10.2 Å². The van der Waals surface area contributed by atoms with Crippen LogP contribution in [0.25, 0.3) is 0 Å². The molecule has 2 saturated heterocycles. The second-order valence-electron chi connectivity index (χ2n) is 6.97. The molecule has 4 heteroatoms. The first-order valence-corrected chi connectivity index (χ1v) is 8.52. The second kappa shape index (κ2) is 5.52. The molecule has 2 heterocycles. The Morgan fingerprint density at radius 2 is 1.61 bits per heavy atom. The third-order valence-electron chi connectivity index (χ3n) is 5.27. The first-order valence-electron chi connectivity index (χ1n) is 8.52. The summed E-state index contributed by atoms with van der Waals surface area (Å²) in [7, 11) is 0. The van der Waals surface area contributed by atoms with Crippen molar-refractivity contribution in [1.82, 2.24) is 4.90 Å². The molecule has 1 aliphatic carbocycles. The van der Waals surface area contributed by atoms with E-state index in [0.717, 1.165) is 36.9 Å². The minimum absolute atomic E-state index is 0.0983. The number of piperidine rings is 1. The number of nitrogens with zero attached hydrogens (tertiary/aromatic N) is 1. The predicted octanol–water partition coefficient (Wildman–Crippen LogP) is 3.50. The maximum atomic E-state index is 12.9. The highest BCUT2D eigenvalue weighted by atomic mass is 16.2. The summed E-state index contributed by atoms with van der Waals surface area (Å²) < 4.78 is 0. The van der Waals surface area contributed by atoms with Gasteiger partial charge in [-0.25, -0.2) is 0 Å². The van der Waals surface area contributed by atoms with Crippen LogP contribution in [0.1, 0.15) is 55.8 Å². The number of fused-ring (bicyclic) bond motifs is 2. The van der Waals surface area contributed by atoms with E-state index in [1.807, 2.05) is 12.1 Å². The van der Waals surface area contributed by atoms with E-state index in [1.54, 1.807) is 23.3 Å². The maximum Gasteiger partial charge on any atom is 0.254 e. The Balaban J connectivity index is 1.51. The van der Waals surface area contributed by atoms with Crippen LogP contribution in [-0.2, 0) is 4.79 Å². The van der Waals surface area contributed by atoms with Gasteiger partial charge < -0.3 is 10.2 Å². The molecular formula is C19H22N2O2. The van der Waals surface area contributed by atoms with Crippen LogP contribution in [0.3, 0.4) is 0 Å². The molecule has 120 valence electrons. The lowest BCUT2D eigenvalue weighted by atomic mass is 9.95. The number of nitrogens with one attached hydrogen (secondary N) is 1. The number of allylic oxidation sites excluding steroid dienone is 1. The average Bonchev–Trinajstić information content (AvgIpc) is 3.33. The highest BCUT2D eigenvalue weighted by molar-refractivity contribution is 5.96. The average molecular weight is 310 g/mol. The molecule has 0 spiro atoms. The van der Waals surface area contributed by atoms with Crippen molar-refractivity contribution in [3.8, 4) is 0 Å². The van der Waals surface area contributed by atoms with E-state index in [0.29, 0.717) is 12.1 Å². The molecule has 1 aromatic rings. The molecule has 3 aliphatic rings. The van der Waals surface area contributed by atoms with E-state index < -0.39 is 0 Å². The van der Waals surface area contributed by atoms with Gasteiger partial charge in [-0.15, -0.1) is 0 Å². The Morgan fingerprint density at radius 1 is 1.00 bits per heavy atom. The molecule has 2 aliphatic heterocycles. The second-order valence-corrected chi connectivity index (χ2v) is 6.97. The van der Waals surface area contributed by atoms with E-state index >= 15 is 0 Å². The van der Waals surface area contributed by atoms with Gasteiger partial charge in [-0.05, 0) is 62.8 Å². The molecule has 3 fully saturated rings. The first-order chi connectivity index (χ1) is 11.1. The van der Waals surface area contributed by atoms with Crippen molar-refractivity contribution in [1.29, 1.82) is 0 Å². The van der Waals surface area contributed by atoms with Gasteiger partial charge in [0.25, 0.3) is 5.91 Å².